The molecule has 180 valence electrons. The standard InChI is InChI=1S/C23H36N8OS/c1-28-12-14-30(15-13-28)22-26-21(24)31(27-22)23(33)25-9-6-16-32-20-8-5-7-19(17-20)18-29-10-3-2-4-11-29/h5,7-8,17H,2-4,6,9-16,18H2,1H3,(H,25,33)(H2,24,26,27). The Hall–Kier alpha value is -2.43. The van der Waals surface area contributed by atoms with Gasteiger partial charge in [0.15, 0.2) is 5.11 Å². The monoisotopic (exact) mass is 472 g/mol. The van der Waals surface area contributed by atoms with Crippen LogP contribution >= 0.6 is 12.2 Å². The first-order valence-corrected chi connectivity index (χ1v) is 12.4. The second-order valence-electron chi connectivity index (χ2n) is 8.89. The summed E-state index contributed by atoms with van der Waals surface area (Å²) >= 11 is 5.48. The number of ether oxygens (including phenoxy) is 1. The normalized spacial score (nSPS) is 17.8. The van der Waals surface area contributed by atoms with Crippen LogP contribution in [0.2, 0.25) is 0 Å². The molecule has 0 saturated carbocycles. The number of benzene rings is 1. The Morgan fingerprint density at radius 3 is 2.70 bits per heavy atom. The number of thiocarbonyl (C=S) groups is 1. The SMILES string of the molecule is CN1CCN(c2nc(N)n(C(=S)NCCCOc3cccc(CN4CCCCC4)c3)n2)CC1. The number of nitrogens with two attached hydrogens (primary N) is 1. The smallest absolute Gasteiger partial charge is 0.247 e. The third-order valence-corrected chi connectivity index (χ3v) is 6.54. The van der Waals surface area contributed by atoms with Crippen molar-refractivity contribution in [1.29, 1.82) is 0 Å². The molecule has 0 amide bonds. The van der Waals surface area contributed by atoms with E-state index >= 15 is 0 Å². The number of piperidine rings is 1. The number of likely N-dealkylation sites (N-methyl/N-ethyl adjacent to an activating group) is 1. The minimum atomic E-state index is 0.309. The summed E-state index contributed by atoms with van der Waals surface area (Å²) in [5, 5.41) is 8.19. The zero-order valence-corrected chi connectivity index (χ0v) is 20.4. The van der Waals surface area contributed by atoms with E-state index in [1.807, 2.05) is 6.07 Å². The lowest BCUT2D eigenvalue weighted by molar-refractivity contribution is 0.220. The average Bonchev–Trinajstić information content (AvgIpc) is 3.22. The minimum absolute atomic E-state index is 0.309. The van der Waals surface area contributed by atoms with Gasteiger partial charge >= 0.3 is 0 Å². The van der Waals surface area contributed by atoms with Crippen LogP contribution in [0.15, 0.2) is 24.3 Å². The third kappa shape index (κ3) is 6.78. The van der Waals surface area contributed by atoms with E-state index < -0.39 is 0 Å². The number of hydrogen-bond donors (Lipinski definition) is 2. The van der Waals surface area contributed by atoms with Gasteiger partial charge in [0.25, 0.3) is 0 Å². The highest BCUT2D eigenvalue weighted by Gasteiger charge is 2.20. The Balaban J connectivity index is 1.18. The fourth-order valence-electron chi connectivity index (χ4n) is 4.24. The van der Waals surface area contributed by atoms with Gasteiger partial charge in [0.05, 0.1) is 6.61 Å². The summed E-state index contributed by atoms with van der Waals surface area (Å²) in [7, 11) is 2.12. The van der Waals surface area contributed by atoms with Gasteiger partial charge in [-0.05, 0) is 69.3 Å². The first-order valence-electron chi connectivity index (χ1n) is 12.0. The van der Waals surface area contributed by atoms with Crippen molar-refractivity contribution in [2.24, 2.45) is 0 Å². The Bertz CT molecular complexity index is 906. The molecule has 1 aromatic carbocycles. The Morgan fingerprint density at radius 1 is 1.12 bits per heavy atom. The summed E-state index contributed by atoms with van der Waals surface area (Å²) in [5.41, 5.74) is 7.37. The molecule has 0 bridgehead atoms. The van der Waals surface area contributed by atoms with Gasteiger partial charge in [0, 0.05) is 39.3 Å². The van der Waals surface area contributed by atoms with Gasteiger partial charge in [0.1, 0.15) is 5.75 Å². The molecule has 0 unspecified atom stereocenters. The van der Waals surface area contributed by atoms with E-state index in [-0.39, 0.29) is 0 Å². The number of nitrogens with zero attached hydrogens (tertiary/aromatic N) is 6. The molecule has 0 aliphatic carbocycles. The van der Waals surface area contributed by atoms with Crippen molar-refractivity contribution in [2.45, 2.75) is 32.2 Å². The molecule has 2 aliphatic rings. The molecule has 33 heavy (non-hydrogen) atoms. The van der Waals surface area contributed by atoms with E-state index in [0.717, 1.165) is 44.9 Å². The summed E-state index contributed by atoms with van der Waals surface area (Å²) in [5.74, 6) is 1.87. The van der Waals surface area contributed by atoms with Crippen LogP contribution in [-0.2, 0) is 6.54 Å². The highest BCUT2D eigenvalue weighted by atomic mass is 32.1. The van der Waals surface area contributed by atoms with Gasteiger partial charge in [-0.2, -0.15) is 9.67 Å². The molecule has 0 radical (unpaired) electrons. The van der Waals surface area contributed by atoms with Gasteiger partial charge in [-0.1, -0.05) is 18.6 Å². The van der Waals surface area contributed by atoms with Crippen LogP contribution in [0.3, 0.4) is 0 Å². The molecule has 9 nitrogen and oxygen atoms in total. The molecule has 1 aromatic heterocycles. The van der Waals surface area contributed by atoms with Gasteiger partial charge in [-0.25, -0.2) is 0 Å². The zero-order valence-electron chi connectivity index (χ0n) is 19.6. The fourth-order valence-corrected chi connectivity index (χ4v) is 4.48. The maximum atomic E-state index is 6.06. The lowest BCUT2D eigenvalue weighted by Gasteiger charge is -2.31. The van der Waals surface area contributed by atoms with Crippen molar-refractivity contribution >= 4 is 29.2 Å². The number of nitrogen functional groups attached to an aromatic ring is 1. The number of likely N-dealkylation sites (tertiary alicyclic amines) is 1. The largest absolute Gasteiger partial charge is 0.494 e. The molecule has 2 aliphatic heterocycles. The molecule has 2 aromatic rings. The predicted octanol–water partition coefficient (Wildman–Crippen LogP) is 1.79. The summed E-state index contributed by atoms with van der Waals surface area (Å²) in [6.45, 7) is 8.43. The summed E-state index contributed by atoms with van der Waals surface area (Å²) < 4.78 is 7.48. The van der Waals surface area contributed by atoms with Gasteiger partial charge in [-0.3, -0.25) is 4.90 Å². The van der Waals surface area contributed by atoms with Crippen LogP contribution < -0.4 is 20.7 Å². The van der Waals surface area contributed by atoms with E-state index in [9.17, 15) is 0 Å². The van der Waals surface area contributed by atoms with E-state index in [4.69, 9.17) is 22.7 Å². The van der Waals surface area contributed by atoms with Crippen LogP contribution in [0.1, 0.15) is 31.2 Å². The topological polar surface area (TPSA) is 87.7 Å². The van der Waals surface area contributed by atoms with Crippen LogP contribution in [0.5, 0.6) is 5.75 Å². The van der Waals surface area contributed by atoms with Crippen LogP contribution in [0.25, 0.3) is 0 Å². The highest BCUT2D eigenvalue weighted by molar-refractivity contribution is 7.80. The minimum Gasteiger partial charge on any atom is -0.494 e. The average molecular weight is 473 g/mol. The molecular formula is C23H36N8OS. The number of anilines is 2. The third-order valence-electron chi connectivity index (χ3n) is 6.22. The maximum absolute atomic E-state index is 6.06. The first-order chi connectivity index (χ1) is 16.1. The molecule has 3 heterocycles. The molecular weight excluding hydrogens is 436 g/mol. The molecule has 2 saturated heterocycles. The van der Waals surface area contributed by atoms with Gasteiger partial charge in [0.2, 0.25) is 11.9 Å². The van der Waals surface area contributed by atoms with Crippen molar-refractivity contribution in [3.05, 3.63) is 29.8 Å². The number of aromatic nitrogens is 3. The second kappa shape index (κ2) is 11.6. The van der Waals surface area contributed by atoms with Gasteiger partial charge in [-0.15, -0.1) is 5.10 Å². The zero-order chi connectivity index (χ0) is 23.0. The lowest BCUT2D eigenvalue weighted by Crippen LogP contribution is -2.45. The number of rotatable bonds is 8. The summed E-state index contributed by atoms with van der Waals surface area (Å²) in [6, 6.07) is 8.43. The molecule has 0 atom stereocenters. The van der Waals surface area contributed by atoms with Crippen molar-refractivity contribution < 1.29 is 4.74 Å². The van der Waals surface area contributed by atoms with E-state index in [1.54, 1.807) is 0 Å². The van der Waals surface area contributed by atoms with Crippen molar-refractivity contribution in [1.82, 2.24) is 29.9 Å². The molecule has 3 N–H and O–H groups in total. The number of hydrogen-bond acceptors (Lipinski definition) is 8. The molecule has 2 fully saturated rings. The number of nitrogens with one attached hydrogen (secondary N) is 1. The van der Waals surface area contributed by atoms with E-state index in [2.05, 4.69) is 55.3 Å². The Labute approximate surface area is 201 Å². The van der Waals surface area contributed by atoms with Crippen LogP contribution in [-0.4, -0.2) is 89.1 Å². The Kier molecular flexibility index (Phi) is 8.35. The van der Waals surface area contributed by atoms with Crippen LogP contribution in [0.4, 0.5) is 11.9 Å². The summed E-state index contributed by atoms with van der Waals surface area (Å²) in [6.07, 6.45) is 4.79. The van der Waals surface area contributed by atoms with Crippen molar-refractivity contribution in [3.63, 3.8) is 0 Å². The maximum Gasteiger partial charge on any atom is 0.247 e. The van der Waals surface area contributed by atoms with Crippen molar-refractivity contribution in [2.75, 3.05) is 70.1 Å². The number of piperazine rings is 1. The Morgan fingerprint density at radius 2 is 1.91 bits per heavy atom. The predicted molar refractivity (Wildman–Crippen MR) is 136 cm³/mol. The molecule has 0 spiro atoms. The molecule has 10 heteroatoms. The van der Waals surface area contributed by atoms with E-state index in [1.165, 1.54) is 42.6 Å². The lowest BCUT2D eigenvalue weighted by atomic mass is 10.1. The van der Waals surface area contributed by atoms with Crippen molar-refractivity contribution in [3.8, 4) is 5.75 Å². The molecule has 4 rings (SSSR count). The quantitative estimate of drug-likeness (QED) is 0.441. The van der Waals surface area contributed by atoms with Crippen LogP contribution in [0, 0.1) is 0 Å². The van der Waals surface area contributed by atoms with Gasteiger partial charge < -0.3 is 25.6 Å². The first kappa shape index (κ1) is 23.7. The highest BCUT2D eigenvalue weighted by Crippen LogP contribution is 2.18. The second-order valence-corrected chi connectivity index (χ2v) is 9.28. The summed E-state index contributed by atoms with van der Waals surface area (Å²) in [4.78, 5) is 11.4. The fraction of sp³-hybridized carbons (Fsp3) is 0.609. The van der Waals surface area contributed by atoms with E-state index in [0.29, 0.717) is 30.2 Å².